The molecule has 2 rings (SSSR count). The number of hydrogen-bond acceptors (Lipinski definition) is 4. The quantitative estimate of drug-likeness (QED) is 0.921. The molecule has 0 amide bonds. The molecule has 0 bridgehead atoms. The fourth-order valence-corrected chi connectivity index (χ4v) is 2.27. The zero-order valence-corrected chi connectivity index (χ0v) is 11.0. The number of aromatic carboxylic acids is 1. The summed E-state index contributed by atoms with van der Waals surface area (Å²) in [7, 11) is 0. The smallest absolute Gasteiger partial charge is 0.339 e. The zero-order valence-electron chi connectivity index (χ0n) is 10.1. The van der Waals surface area contributed by atoms with Crippen molar-refractivity contribution in [3.8, 4) is 5.75 Å². The molecule has 0 atom stereocenters. The van der Waals surface area contributed by atoms with Gasteiger partial charge in [-0.25, -0.2) is 9.78 Å². The number of hydrogen-bond donors (Lipinski definition) is 1. The van der Waals surface area contributed by atoms with Crippen LogP contribution in [-0.2, 0) is 6.61 Å². The lowest BCUT2D eigenvalue weighted by atomic mass is 10.1. The van der Waals surface area contributed by atoms with Crippen molar-refractivity contribution in [2.45, 2.75) is 20.5 Å². The fraction of sp³-hybridized carbons (Fsp3) is 0.231. The molecule has 1 heterocycles. The van der Waals surface area contributed by atoms with Crippen LogP contribution in [0, 0.1) is 13.8 Å². The van der Waals surface area contributed by atoms with E-state index in [2.05, 4.69) is 4.98 Å². The van der Waals surface area contributed by atoms with Gasteiger partial charge in [-0.1, -0.05) is 11.6 Å². The maximum absolute atomic E-state index is 11.1. The van der Waals surface area contributed by atoms with Gasteiger partial charge in [0.1, 0.15) is 17.9 Å². The fourth-order valence-electron chi connectivity index (χ4n) is 1.56. The third-order valence-corrected chi connectivity index (χ3v) is 3.29. The molecule has 0 radical (unpaired) electrons. The zero-order chi connectivity index (χ0) is 13.1. The second-order valence-corrected chi connectivity index (χ2v) is 5.26. The SMILES string of the molecule is Cc1ccc(OCc2cnc(C)s2)c(C(=O)O)c1. The lowest BCUT2D eigenvalue weighted by Crippen LogP contribution is -2.03. The lowest BCUT2D eigenvalue weighted by molar-refractivity contribution is 0.0691. The van der Waals surface area contributed by atoms with Crippen LogP contribution < -0.4 is 4.74 Å². The molecule has 1 aromatic heterocycles. The molecule has 0 aliphatic heterocycles. The number of benzene rings is 1. The molecule has 94 valence electrons. The lowest BCUT2D eigenvalue weighted by Gasteiger charge is -2.08. The summed E-state index contributed by atoms with van der Waals surface area (Å²) in [6.45, 7) is 4.11. The Morgan fingerprint density at radius 3 is 2.83 bits per heavy atom. The Bertz CT molecular complexity index is 577. The number of aromatic nitrogens is 1. The van der Waals surface area contributed by atoms with E-state index in [-0.39, 0.29) is 5.56 Å². The molecule has 0 unspecified atom stereocenters. The molecule has 0 spiro atoms. The van der Waals surface area contributed by atoms with Crippen LogP contribution in [0.5, 0.6) is 5.75 Å². The van der Waals surface area contributed by atoms with E-state index >= 15 is 0 Å². The van der Waals surface area contributed by atoms with Gasteiger partial charge in [0.05, 0.1) is 9.88 Å². The third-order valence-electron chi connectivity index (χ3n) is 2.40. The first-order valence-electron chi connectivity index (χ1n) is 5.44. The van der Waals surface area contributed by atoms with Crippen molar-refractivity contribution in [1.82, 2.24) is 4.98 Å². The number of aryl methyl sites for hydroxylation is 2. The van der Waals surface area contributed by atoms with E-state index in [4.69, 9.17) is 9.84 Å². The molecule has 0 saturated heterocycles. The van der Waals surface area contributed by atoms with Crippen molar-refractivity contribution in [3.05, 3.63) is 45.4 Å². The first-order valence-corrected chi connectivity index (χ1v) is 6.26. The van der Waals surface area contributed by atoms with E-state index < -0.39 is 5.97 Å². The van der Waals surface area contributed by atoms with Gasteiger partial charge in [0, 0.05) is 6.20 Å². The van der Waals surface area contributed by atoms with E-state index in [1.54, 1.807) is 29.7 Å². The highest BCUT2D eigenvalue weighted by molar-refractivity contribution is 7.11. The standard InChI is InChI=1S/C13H13NO3S/c1-8-3-4-12(11(5-8)13(15)16)17-7-10-6-14-9(2)18-10/h3-6H,7H2,1-2H3,(H,15,16). The van der Waals surface area contributed by atoms with Gasteiger partial charge in [0.25, 0.3) is 0 Å². The van der Waals surface area contributed by atoms with Gasteiger partial charge in [0.15, 0.2) is 0 Å². The Kier molecular flexibility index (Phi) is 3.62. The van der Waals surface area contributed by atoms with E-state index in [1.165, 1.54) is 0 Å². The van der Waals surface area contributed by atoms with Gasteiger partial charge in [0.2, 0.25) is 0 Å². The molecule has 0 aliphatic rings. The molecule has 0 fully saturated rings. The van der Waals surface area contributed by atoms with E-state index in [0.717, 1.165) is 15.4 Å². The number of nitrogens with zero attached hydrogens (tertiary/aromatic N) is 1. The maximum Gasteiger partial charge on any atom is 0.339 e. The van der Waals surface area contributed by atoms with Crippen LogP contribution in [0.3, 0.4) is 0 Å². The molecule has 0 aliphatic carbocycles. The van der Waals surface area contributed by atoms with Crippen LogP contribution >= 0.6 is 11.3 Å². The number of thiazole rings is 1. The molecule has 5 heteroatoms. The van der Waals surface area contributed by atoms with E-state index in [0.29, 0.717) is 12.4 Å². The summed E-state index contributed by atoms with van der Waals surface area (Å²) in [6, 6.07) is 5.13. The summed E-state index contributed by atoms with van der Waals surface area (Å²) < 4.78 is 5.54. The number of ether oxygens (including phenoxy) is 1. The minimum atomic E-state index is -0.978. The van der Waals surface area contributed by atoms with Gasteiger partial charge in [-0.3, -0.25) is 0 Å². The molecule has 18 heavy (non-hydrogen) atoms. The summed E-state index contributed by atoms with van der Waals surface area (Å²) in [6.07, 6.45) is 1.74. The highest BCUT2D eigenvalue weighted by Crippen LogP contribution is 2.22. The van der Waals surface area contributed by atoms with E-state index in [9.17, 15) is 4.79 Å². The van der Waals surface area contributed by atoms with E-state index in [1.807, 2.05) is 19.9 Å². The van der Waals surface area contributed by atoms with Gasteiger partial charge < -0.3 is 9.84 Å². The molecular formula is C13H13NO3S. The van der Waals surface area contributed by atoms with Crippen LogP contribution in [0.1, 0.15) is 25.8 Å². The monoisotopic (exact) mass is 263 g/mol. The molecular weight excluding hydrogens is 250 g/mol. The average molecular weight is 263 g/mol. The Morgan fingerprint density at radius 2 is 2.22 bits per heavy atom. The summed E-state index contributed by atoms with van der Waals surface area (Å²) in [4.78, 5) is 16.2. The number of carbonyl (C=O) groups is 1. The van der Waals surface area contributed by atoms with Gasteiger partial charge >= 0.3 is 5.97 Å². The first kappa shape index (κ1) is 12.6. The predicted molar refractivity (Wildman–Crippen MR) is 69.3 cm³/mol. The second-order valence-electron chi connectivity index (χ2n) is 3.94. The normalized spacial score (nSPS) is 10.3. The van der Waals surface area contributed by atoms with Gasteiger partial charge in [-0.2, -0.15) is 0 Å². The van der Waals surface area contributed by atoms with Gasteiger partial charge in [-0.15, -0.1) is 11.3 Å². The Balaban J connectivity index is 2.16. The van der Waals surface area contributed by atoms with Gasteiger partial charge in [-0.05, 0) is 26.0 Å². The van der Waals surface area contributed by atoms with Crippen LogP contribution in [0.4, 0.5) is 0 Å². The Labute approximate surface area is 109 Å². The van der Waals surface area contributed by atoms with Crippen molar-refractivity contribution in [2.24, 2.45) is 0 Å². The van der Waals surface area contributed by atoms with Crippen molar-refractivity contribution < 1.29 is 14.6 Å². The summed E-state index contributed by atoms with van der Waals surface area (Å²) in [5.74, 6) is -0.590. The first-order chi connectivity index (χ1) is 8.56. The van der Waals surface area contributed by atoms with Crippen molar-refractivity contribution in [3.63, 3.8) is 0 Å². The number of carboxylic acid groups (broad SMARTS) is 1. The second kappa shape index (κ2) is 5.18. The van der Waals surface area contributed by atoms with Crippen LogP contribution in [-0.4, -0.2) is 16.1 Å². The molecule has 1 N–H and O–H groups in total. The maximum atomic E-state index is 11.1. The molecule has 0 saturated carbocycles. The van der Waals surface area contributed by atoms with Crippen molar-refractivity contribution in [2.75, 3.05) is 0 Å². The summed E-state index contributed by atoms with van der Waals surface area (Å²) in [5.41, 5.74) is 1.09. The highest BCUT2D eigenvalue weighted by Gasteiger charge is 2.11. The predicted octanol–water partition coefficient (Wildman–Crippen LogP) is 3.04. The molecule has 4 nitrogen and oxygen atoms in total. The Hall–Kier alpha value is -1.88. The summed E-state index contributed by atoms with van der Waals surface area (Å²) >= 11 is 1.54. The minimum absolute atomic E-state index is 0.191. The number of rotatable bonds is 4. The summed E-state index contributed by atoms with van der Waals surface area (Å²) in [5, 5.41) is 10.1. The average Bonchev–Trinajstić information content (AvgIpc) is 2.73. The van der Waals surface area contributed by atoms with Crippen LogP contribution in [0.15, 0.2) is 24.4 Å². The third kappa shape index (κ3) is 2.87. The molecule has 2 aromatic rings. The number of carboxylic acids is 1. The molecule has 1 aromatic carbocycles. The van der Waals surface area contributed by atoms with Crippen molar-refractivity contribution in [1.29, 1.82) is 0 Å². The Morgan fingerprint density at radius 1 is 1.44 bits per heavy atom. The minimum Gasteiger partial charge on any atom is -0.487 e. The van der Waals surface area contributed by atoms with Crippen LogP contribution in [0.2, 0.25) is 0 Å². The topological polar surface area (TPSA) is 59.4 Å². The highest BCUT2D eigenvalue weighted by atomic mass is 32.1. The largest absolute Gasteiger partial charge is 0.487 e. The van der Waals surface area contributed by atoms with Crippen LogP contribution in [0.25, 0.3) is 0 Å². The van der Waals surface area contributed by atoms with Crippen molar-refractivity contribution >= 4 is 17.3 Å².